The molecule has 0 aliphatic carbocycles. The minimum absolute atomic E-state index is 0. The molecule has 0 atom stereocenters. The van der Waals surface area contributed by atoms with Gasteiger partial charge in [-0.25, -0.2) is 13.2 Å². The second-order valence-corrected chi connectivity index (χ2v) is 6.91. The van der Waals surface area contributed by atoms with E-state index in [1.54, 1.807) is 12.1 Å². The molecule has 1 aliphatic rings. The highest BCUT2D eigenvalue weighted by atomic mass is 19.3. The van der Waals surface area contributed by atoms with Crippen molar-refractivity contribution in [3.63, 3.8) is 0 Å². The lowest BCUT2D eigenvalue weighted by Crippen LogP contribution is -2.37. The molecule has 176 valence electrons. The van der Waals surface area contributed by atoms with Gasteiger partial charge in [-0.3, -0.25) is 14.8 Å². The number of carbonyl (C=O) groups excluding carboxylic acids is 1. The van der Waals surface area contributed by atoms with E-state index in [1.165, 1.54) is 37.5 Å². The Morgan fingerprint density at radius 3 is 2.73 bits per heavy atom. The van der Waals surface area contributed by atoms with Crippen molar-refractivity contribution in [3.8, 4) is 12.3 Å². The first kappa shape index (κ1) is 25.6. The number of alkyl halides is 2. The lowest BCUT2D eigenvalue weighted by atomic mass is 9.97. The van der Waals surface area contributed by atoms with Gasteiger partial charge in [-0.05, 0) is 30.2 Å². The molecule has 2 aromatic rings. The van der Waals surface area contributed by atoms with E-state index in [2.05, 4.69) is 27.8 Å². The summed E-state index contributed by atoms with van der Waals surface area (Å²) in [6, 6.07) is 4.45. The first-order chi connectivity index (χ1) is 15.8. The maximum Gasteiger partial charge on any atom is 0.270 e. The summed E-state index contributed by atoms with van der Waals surface area (Å²) in [5.74, 6) is -1.75. The molecule has 2 heterocycles. The van der Waals surface area contributed by atoms with Crippen LogP contribution in [-0.4, -0.2) is 29.6 Å². The highest BCUT2D eigenvalue weighted by Gasteiger charge is 2.28. The van der Waals surface area contributed by atoms with Gasteiger partial charge in [-0.15, -0.1) is 6.42 Å². The molecule has 0 unspecified atom stereocenters. The molecule has 1 aliphatic heterocycles. The Kier molecular flexibility index (Phi) is 8.75. The minimum Gasteiger partial charge on any atom is -0.345 e. The smallest absolute Gasteiger partial charge is 0.270 e. The second-order valence-electron chi connectivity index (χ2n) is 6.91. The van der Waals surface area contributed by atoms with E-state index in [0.29, 0.717) is 34.4 Å². The van der Waals surface area contributed by atoms with E-state index < -0.39 is 30.6 Å². The monoisotopic (exact) mass is 457 g/mol. The molecule has 0 spiro atoms. The SMILES string of the molecule is C#Cc1ccc(F)c(C2=CCc3ccnc(C(=O)NCC(F)(F)CC)c3C=N2)c1C=C.CC.[HH].[HH]. The fourth-order valence-electron chi connectivity index (χ4n) is 3.19. The maximum absolute atomic E-state index is 14.7. The fraction of sp³-hybridized carbons (Fsp3) is 0.269. The zero-order chi connectivity index (χ0) is 24.6. The number of rotatable bonds is 6. The number of carbonyl (C=O) groups is 1. The molecule has 7 heteroatoms. The highest BCUT2D eigenvalue weighted by molar-refractivity contribution is 6.03. The number of amides is 1. The third-order valence-electron chi connectivity index (χ3n) is 4.98. The van der Waals surface area contributed by atoms with Gasteiger partial charge in [0.15, 0.2) is 0 Å². The minimum atomic E-state index is -3.01. The van der Waals surface area contributed by atoms with Gasteiger partial charge in [0.1, 0.15) is 11.5 Å². The molecule has 1 N–H and O–H groups in total. The summed E-state index contributed by atoms with van der Waals surface area (Å²) in [7, 11) is 0. The van der Waals surface area contributed by atoms with Crippen molar-refractivity contribution >= 4 is 23.9 Å². The number of aromatic nitrogens is 1. The molecule has 4 nitrogen and oxygen atoms in total. The Labute approximate surface area is 195 Å². The number of nitrogens with zero attached hydrogens (tertiary/aromatic N) is 2. The number of hydrogen-bond acceptors (Lipinski definition) is 3. The average Bonchev–Trinajstić information content (AvgIpc) is 3.06. The van der Waals surface area contributed by atoms with Gasteiger partial charge in [-0.2, -0.15) is 0 Å². The van der Waals surface area contributed by atoms with Crippen LogP contribution >= 0.6 is 0 Å². The summed E-state index contributed by atoms with van der Waals surface area (Å²) in [4.78, 5) is 20.9. The number of halogens is 3. The van der Waals surface area contributed by atoms with Gasteiger partial charge in [0.2, 0.25) is 0 Å². The molecule has 0 saturated carbocycles. The lowest BCUT2D eigenvalue weighted by Gasteiger charge is -2.15. The number of benzene rings is 1. The zero-order valence-electron chi connectivity index (χ0n) is 18.9. The molecule has 0 bridgehead atoms. The van der Waals surface area contributed by atoms with Gasteiger partial charge in [0.05, 0.1) is 12.2 Å². The molecule has 1 aromatic carbocycles. The van der Waals surface area contributed by atoms with Crippen molar-refractivity contribution in [3.05, 3.63) is 76.4 Å². The van der Waals surface area contributed by atoms with E-state index in [-0.39, 0.29) is 14.1 Å². The van der Waals surface area contributed by atoms with Crippen LogP contribution in [0.25, 0.3) is 11.8 Å². The summed E-state index contributed by atoms with van der Waals surface area (Å²) in [5, 5.41) is 2.22. The van der Waals surface area contributed by atoms with Crippen LogP contribution in [0.1, 0.15) is 68.4 Å². The third kappa shape index (κ3) is 5.78. The van der Waals surface area contributed by atoms with Crippen molar-refractivity contribution in [1.29, 1.82) is 0 Å². The van der Waals surface area contributed by atoms with Crippen LogP contribution in [-0.2, 0) is 6.42 Å². The van der Waals surface area contributed by atoms with E-state index in [9.17, 15) is 18.0 Å². The Morgan fingerprint density at radius 1 is 1.36 bits per heavy atom. The predicted octanol–water partition coefficient (Wildman–Crippen LogP) is 6.15. The first-order valence-corrected chi connectivity index (χ1v) is 10.6. The van der Waals surface area contributed by atoms with Gasteiger partial charge in [-0.1, -0.05) is 45.4 Å². The zero-order valence-corrected chi connectivity index (χ0v) is 18.9. The Bertz CT molecular complexity index is 1160. The number of pyridine rings is 1. The number of hydrogen-bond donors (Lipinski definition) is 1. The van der Waals surface area contributed by atoms with Crippen LogP contribution in [0.4, 0.5) is 13.2 Å². The van der Waals surface area contributed by atoms with Crippen molar-refractivity contribution in [2.75, 3.05) is 6.54 Å². The first-order valence-electron chi connectivity index (χ1n) is 10.6. The number of nitrogens with one attached hydrogen (secondary N) is 1. The summed E-state index contributed by atoms with van der Waals surface area (Å²) in [6.07, 6.45) is 11.4. The van der Waals surface area contributed by atoms with Gasteiger partial charge in [0, 0.05) is 43.9 Å². The Balaban J connectivity index is 0.00000282. The topological polar surface area (TPSA) is 54.4 Å². The van der Waals surface area contributed by atoms with Gasteiger partial charge in [0.25, 0.3) is 11.8 Å². The van der Waals surface area contributed by atoms with Crippen LogP contribution in [0.3, 0.4) is 0 Å². The van der Waals surface area contributed by atoms with E-state index in [1.807, 2.05) is 13.8 Å². The third-order valence-corrected chi connectivity index (χ3v) is 4.98. The average molecular weight is 458 g/mol. The number of fused-ring (bicyclic) bond motifs is 1. The van der Waals surface area contributed by atoms with Crippen molar-refractivity contribution < 1.29 is 20.8 Å². The largest absolute Gasteiger partial charge is 0.345 e. The van der Waals surface area contributed by atoms with Crippen molar-refractivity contribution in [1.82, 2.24) is 10.3 Å². The molecule has 33 heavy (non-hydrogen) atoms. The van der Waals surface area contributed by atoms with Crippen LogP contribution in [0.5, 0.6) is 0 Å². The lowest BCUT2D eigenvalue weighted by molar-refractivity contribution is -0.00106. The maximum atomic E-state index is 14.7. The normalized spacial score (nSPS) is 12.3. The molecule has 3 rings (SSSR count). The standard InChI is InChI=1S/C24H20F3N3O.C2H6.2H2/c1-4-15-7-9-19(25)21(17(15)5-2)20-10-8-16-11-12-28-22(18(16)13-29-20)23(31)30-14-24(26,27)6-3;1-2;;/h1,5,7,9-13H,2,6,8,14H2,3H3,(H,30,31);1-2H3;2*1H. The summed E-state index contributed by atoms with van der Waals surface area (Å²) < 4.78 is 41.7. The van der Waals surface area contributed by atoms with Gasteiger partial charge < -0.3 is 5.32 Å². The van der Waals surface area contributed by atoms with Crippen LogP contribution in [0.15, 0.2) is 42.0 Å². The fourth-order valence-corrected chi connectivity index (χ4v) is 3.19. The van der Waals surface area contributed by atoms with Gasteiger partial charge >= 0.3 is 0 Å². The molecule has 1 amide bonds. The predicted molar refractivity (Wildman–Crippen MR) is 131 cm³/mol. The van der Waals surface area contributed by atoms with E-state index in [4.69, 9.17) is 6.42 Å². The van der Waals surface area contributed by atoms with Crippen LogP contribution in [0.2, 0.25) is 0 Å². The quantitative estimate of drug-likeness (QED) is 0.529. The van der Waals surface area contributed by atoms with Crippen molar-refractivity contribution in [2.45, 2.75) is 39.5 Å². The van der Waals surface area contributed by atoms with Crippen molar-refractivity contribution in [2.24, 2.45) is 4.99 Å². The summed E-state index contributed by atoms with van der Waals surface area (Å²) >= 11 is 0. The second kappa shape index (κ2) is 11.3. The molecule has 0 radical (unpaired) electrons. The molecule has 1 aromatic heterocycles. The molecule has 0 fully saturated rings. The molecular formula is C26H30F3N3O. The number of terminal acetylenes is 1. The van der Waals surface area contributed by atoms with Crippen LogP contribution < -0.4 is 5.32 Å². The number of allylic oxidation sites excluding steroid dienone is 1. The van der Waals surface area contributed by atoms with E-state index >= 15 is 0 Å². The molecular weight excluding hydrogens is 427 g/mol. The summed E-state index contributed by atoms with van der Waals surface area (Å²) in [6.45, 7) is 8.27. The molecule has 0 saturated heterocycles. The summed E-state index contributed by atoms with van der Waals surface area (Å²) in [5.41, 5.74) is 2.51. The highest BCUT2D eigenvalue weighted by Crippen LogP contribution is 2.30. The van der Waals surface area contributed by atoms with Crippen LogP contribution in [0, 0.1) is 18.2 Å². The number of aliphatic imine (C=N–C) groups is 1. The Morgan fingerprint density at radius 2 is 2.09 bits per heavy atom. The van der Waals surface area contributed by atoms with E-state index in [0.717, 1.165) is 0 Å². The Hall–Kier alpha value is -3.66.